The van der Waals surface area contributed by atoms with Crippen molar-refractivity contribution >= 4 is 11.6 Å². The fourth-order valence-electron chi connectivity index (χ4n) is 4.34. The summed E-state index contributed by atoms with van der Waals surface area (Å²) in [5.41, 5.74) is 0.174. The van der Waals surface area contributed by atoms with Crippen molar-refractivity contribution in [3.8, 4) is 0 Å². The first-order valence-electron chi connectivity index (χ1n) is 10.6. The van der Waals surface area contributed by atoms with Crippen LogP contribution in [0.15, 0.2) is 12.1 Å². The lowest BCUT2D eigenvalue weighted by Crippen LogP contribution is -2.31. The fraction of sp³-hybridized carbons (Fsp3) is 0.667. The average molecular weight is 424 g/mol. The summed E-state index contributed by atoms with van der Waals surface area (Å²) in [4.78, 5) is 18.9. The van der Waals surface area contributed by atoms with E-state index >= 15 is 0 Å². The van der Waals surface area contributed by atoms with Crippen LogP contribution in [-0.2, 0) is 15.7 Å². The van der Waals surface area contributed by atoms with Gasteiger partial charge in [-0.25, -0.2) is 9.50 Å². The van der Waals surface area contributed by atoms with E-state index in [-0.39, 0.29) is 29.6 Å². The molecule has 0 radical (unpaired) electrons. The zero-order chi connectivity index (χ0) is 21.5. The summed E-state index contributed by atoms with van der Waals surface area (Å²) in [6, 6.07) is 2.35. The Morgan fingerprint density at radius 3 is 2.73 bits per heavy atom. The first kappa shape index (κ1) is 21.1. The van der Waals surface area contributed by atoms with Crippen LogP contribution in [-0.4, -0.2) is 44.7 Å². The van der Waals surface area contributed by atoms with Crippen molar-refractivity contribution in [3.05, 3.63) is 29.2 Å². The second kappa shape index (κ2) is 8.17. The molecule has 4 rings (SSSR count). The van der Waals surface area contributed by atoms with Crippen LogP contribution in [0.1, 0.15) is 81.4 Å². The number of fused-ring (bicyclic) bond motifs is 1. The average Bonchev–Trinajstić information content (AvgIpc) is 3.43. The lowest BCUT2D eigenvalue weighted by molar-refractivity contribution is -0.142. The predicted molar refractivity (Wildman–Crippen MR) is 104 cm³/mol. The van der Waals surface area contributed by atoms with Crippen LogP contribution in [0.2, 0.25) is 0 Å². The van der Waals surface area contributed by atoms with E-state index in [4.69, 9.17) is 4.74 Å². The Morgan fingerprint density at radius 2 is 2.07 bits per heavy atom. The zero-order valence-corrected chi connectivity index (χ0v) is 17.3. The van der Waals surface area contributed by atoms with E-state index in [2.05, 4.69) is 10.1 Å². The fourth-order valence-corrected chi connectivity index (χ4v) is 4.34. The number of nitrogens with zero attached hydrogens (tertiary/aromatic N) is 4. The molecule has 2 atom stereocenters. The summed E-state index contributed by atoms with van der Waals surface area (Å²) >= 11 is 0. The van der Waals surface area contributed by atoms with Crippen molar-refractivity contribution in [2.24, 2.45) is 0 Å². The van der Waals surface area contributed by atoms with E-state index in [9.17, 15) is 18.0 Å². The molecule has 6 nitrogen and oxygen atoms in total. The number of amides is 1. The van der Waals surface area contributed by atoms with Crippen molar-refractivity contribution in [3.63, 3.8) is 0 Å². The second-order valence-electron chi connectivity index (χ2n) is 8.48. The molecule has 2 aromatic heterocycles. The number of likely N-dealkylation sites (tertiary alicyclic amines) is 1. The third kappa shape index (κ3) is 4.17. The Bertz CT molecular complexity index is 919. The highest BCUT2D eigenvalue weighted by Gasteiger charge is 2.37. The van der Waals surface area contributed by atoms with Gasteiger partial charge in [0.05, 0.1) is 17.8 Å². The van der Waals surface area contributed by atoms with E-state index in [1.54, 1.807) is 11.0 Å². The van der Waals surface area contributed by atoms with Gasteiger partial charge in [0, 0.05) is 31.3 Å². The summed E-state index contributed by atoms with van der Waals surface area (Å²) < 4.78 is 47.4. The summed E-state index contributed by atoms with van der Waals surface area (Å²) in [5, 5.41) is 4.25. The minimum absolute atomic E-state index is 0.0110. The van der Waals surface area contributed by atoms with Gasteiger partial charge in [0.25, 0.3) is 0 Å². The molecule has 9 heteroatoms. The maximum atomic E-state index is 13.6. The SMILES string of the molecule is CC(C)c1cc(C(F)(F)F)n2nc([C@H]3CCCN3C(=O)CC[C@@H]3CCCO3)cc2n1. The summed E-state index contributed by atoms with van der Waals surface area (Å²) in [6.07, 6.45) is 0.170. The van der Waals surface area contributed by atoms with E-state index < -0.39 is 11.9 Å². The van der Waals surface area contributed by atoms with Crippen LogP contribution < -0.4 is 0 Å². The van der Waals surface area contributed by atoms with Crippen LogP contribution in [0, 0.1) is 0 Å². The number of alkyl halides is 3. The molecule has 0 N–H and O–H groups in total. The third-order valence-corrected chi connectivity index (χ3v) is 5.97. The predicted octanol–water partition coefficient (Wildman–Crippen LogP) is 4.49. The maximum absolute atomic E-state index is 13.6. The molecule has 30 heavy (non-hydrogen) atoms. The van der Waals surface area contributed by atoms with Gasteiger partial charge in [-0.05, 0) is 44.1 Å². The number of carbonyl (C=O) groups is 1. The molecular formula is C21H27F3N4O2. The lowest BCUT2D eigenvalue weighted by atomic mass is 10.1. The minimum atomic E-state index is -4.54. The monoisotopic (exact) mass is 424 g/mol. The minimum Gasteiger partial charge on any atom is -0.378 e. The molecule has 0 unspecified atom stereocenters. The van der Waals surface area contributed by atoms with Gasteiger partial charge in [0.15, 0.2) is 5.65 Å². The smallest absolute Gasteiger partial charge is 0.378 e. The molecule has 0 saturated carbocycles. The quantitative estimate of drug-likeness (QED) is 0.709. The Morgan fingerprint density at radius 1 is 1.27 bits per heavy atom. The standard InChI is InChI=1S/C21H27F3N4O2/c1-13(2)15-11-18(21(22,23)24)28-19(25-15)12-16(26-28)17-6-3-9-27(17)20(29)8-7-14-5-4-10-30-14/h11-14,17H,3-10H2,1-2H3/t14-,17+/m0/s1. The molecule has 0 aliphatic carbocycles. The third-order valence-electron chi connectivity index (χ3n) is 5.97. The molecule has 2 aliphatic rings. The Balaban J connectivity index is 1.60. The van der Waals surface area contributed by atoms with Gasteiger partial charge in [-0.1, -0.05) is 13.8 Å². The molecule has 0 aromatic carbocycles. The van der Waals surface area contributed by atoms with Crippen LogP contribution >= 0.6 is 0 Å². The first-order chi connectivity index (χ1) is 14.2. The molecule has 2 fully saturated rings. The van der Waals surface area contributed by atoms with E-state index in [1.807, 2.05) is 13.8 Å². The number of carbonyl (C=O) groups excluding carboxylic acids is 1. The molecule has 0 bridgehead atoms. The number of hydrogen-bond donors (Lipinski definition) is 0. The van der Waals surface area contributed by atoms with Gasteiger partial charge in [-0.2, -0.15) is 18.3 Å². The Kier molecular flexibility index (Phi) is 5.74. The first-order valence-corrected chi connectivity index (χ1v) is 10.6. The van der Waals surface area contributed by atoms with Crippen molar-refractivity contribution in [2.75, 3.05) is 13.2 Å². The van der Waals surface area contributed by atoms with Crippen LogP contribution in [0.3, 0.4) is 0 Å². The summed E-state index contributed by atoms with van der Waals surface area (Å²) in [6.45, 7) is 4.96. The van der Waals surface area contributed by atoms with Gasteiger partial charge < -0.3 is 9.64 Å². The van der Waals surface area contributed by atoms with Gasteiger partial charge >= 0.3 is 6.18 Å². The molecule has 164 valence electrons. The summed E-state index contributed by atoms with van der Waals surface area (Å²) in [5.74, 6) is -0.131. The van der Waals surface area contributed by atoms with Crippen molar-refractivity contribution < 1.29 is 22.7 Å². The molecule has 0 spiro atoms. The van der Waals surface area contributed by atoms with Crippen molar-refractivity contribution in [2.45, 2.75) is 76.6 Å². The number of ether oxygens (including phenoxy) is 1. The molecule has 2 aliphatic heterocycles. The van der Waals surface area contributed by atoms with Gasteiger partial charge in [-0.3, -0.25) is 4.79 Å². The topological polar surface area (TPSA) is 59.7 Å². The largest absolute Gasteiger partial charge is 0.433 e. The van der Waals surface area contributed by atoms with Crippen molar-refractivity contribution in [1.29, 1.82) is 0 Å². The number of halogens is 3. The molecular weight excluding hydrogens is 397 g/mol. The maximum Gasteiger partial charge on any atom is 0.433 e. The van der Waals surface area contributed by atoms with Gasteiger partial charge in [0.1, 0.15) is 5.69 Å². The zero-order valence-electron chi connectivity index (χ0n) is 17.3. The summed E-state index contributed by atoms with van der Waals surface area (Å²) in [7, 11) is 0. The number of hydrogen-bond acceptors (Lipinski definition) is 4. The molecule has 2 saturated heterocycles. The van der Waals surface area contributed by atoms with E-state index in [0.717, 1.165) is 36.5 Å². The number of aromatic nitrogens is 3. The highest BCUT2D eigenvalue weighted by Crippen LogP contribution is 2.35. The van der Waals surface area contributed by atoms with Gasteiger partial charge in [-0.15, -0.1) is 0 Å². The normalized spacial score (nSPS) is 22.5. The molecule has 1 amide bonds. The van der Waals surface area contributed by atoms with E-state index in [1.165, 1.54) is 0 Å². The molecule has 2 aromatic rings. The lowest BCUT2D eigenvalue weighted by Gasteiger charge is -2.24. The van der Waals surface area contributed by atoms with Crippen LogP contribution in [0.4, 0.5) is 13.2 Å². The van der Waals surface area contributed by atoms with Gasteiger partial charge in [0.2, 0.25) is 5.91 Å². The Labute approximate surface area is 173 Å². The molecule has 4 heterocycles. The van der Waals surface area contributed by atoms with Crippen molar-refractivity contribution in [1.82, 2.24) is 19.5 Å². The second-order valence-corrected chi connectivity index (χ2v) is 8.48. The highest BCUT2D eigenvalue weighted by atomic mass is 19.4. The highest BCUT2D eigenvalue weighted by molar-refractivity contribution is 5.77. The van der Waals surface area contributed by atoms with Crippen LogP contribution in [0.5, 0.6) is 0 Å². The number of rotatable bonds is 5. The van der Waals surface area contributed by atoms with Crippen LogP contribution in [0.25, 0.3) is 5.65 Å². The van der Waals surface area contributed by atoms with E-state index in [0.29, 0.717) is 37.2 Å². The Hall–Kier alpha value is -2.16.